The lowest BCUT2D eigenvalue weighted by molar-refractivity contribution is -0.154. The zero-order valence-corrected chi connectivity index (χ0v) is 14.9. The summed E-state index contributed by atoms with van der Waals surface area (Å²) in [6, 6.07) is 12.9. The van der Waals surface area contributed by atoms with E-state index < -0.39 is 5.60 Å². The van der Waals surface area contributed by atoms with Gasteiger partial charge in [0.05, 0.1) is 12.2 Å². The first-order chi connectivity index (χ1) is 12.5. The van der Waals surface area contributed by atoms with E-state index in [1.54, 1.807) is 18.0 Å². The number of likely N-dealkylation sites (tertiary alicyclic amines) is 1. The van der Waals surface area contributed by atoms with Gasteiger partial charge in [-0.3, -0.25) is 9.59 Å². The number of amides is 1. The summed E-state index contributed by atoms with van der Waals surface area (Å²) in [6.45, 7) is 1.64. The van der Waals surface area contributed by atoms with Crippen LogP contribution in [-0.4, -0.2) is 58.0 Å². The molecule has 7 nitrogen and oxygen atoms in total. The normalized spacial score (nSPS) is 20.4. The summed E-state index contributed by atoms with van der Waals surface area (Å²) in [5.41, 5.74) is 0.128. The molecule has 138 valence electrons. The number of aromatic nitrogens is 2. The molecule has 0 saturated carbocycles. The number of nitrogens with one attached hydrogen (secondary N) is 1. The van der Waals surface area contributed by atoms with Crippen molar-refractivity contribution >= 4 is 5.91 Å². The number of carbonyl (C=O) groups is 1. The molecule has 3 rings (SSSR count). The van der Waals surface area contributed by atoms with Crippen molar-refractivity contribution in [1.29, 1.82) is 0 Å². The maximum atomic E-state index is 12.1. The molecule has 1 fully saturated rings. The van der Waals surface area contributed by atoms with Gasteiger partial charge in [-0.25, -0.2) is 4.68 Å². The largest absolute Gasteiger partial charge is 0.379 e. The van der Waals surface area contributed by atoms with Crippen molar-refractivity contribution < 1.29 is 9.90 Å². The second-order valence-corrected chi connectivity index (χ2v) is 6.68. The molecule has 26 heavy (non-hydrogen) atoms. The summed E-state index contributed by atoms with van der Waals surface area (Å²) < 4.78 is 1.40. The van der Waals surface area contributed by atoms with Crippen molar-refractivity contribution in [3.05, 3.63) is 52.8 Å². The number of benzene rings is 1. The van der Waals surface area contributed by atoms with Gasteiger partial charge in [-0.1, -0.05) is 30.3 Å². The Hall–Kier alpha value is -2.51. The van der Waals surface area contributed by atoms with Crippen LogP contribution in [0.25, 0.3) is 11.3 Å². The number of rotatable bonds is 6. The molecule has 1 unspecified atom stereocenters. The third-order valence-corrected chi connectivity index (χ3v) is 4.68. The molecule has 1 aromatic carbocycles. The highest BCUT2D eigenvalue weighted by Crippen LogP contribution is 2.20. The molecule has 7 heteroatoms. The van der Waals surface area contributed by atoms with Crippen LogP contribution in [0.5, 0.6) is 0 Å². The average Bonchev–Trinajstić information content (AvgIpc) is 2.65. The molecule has 1 atom stereocenters. The minimum atomic E-state index is -1.36. The van der Waals surface area contributed by atoms with Crippen LogP contribution >= 0.6 is 0 Å². The summed E-state index contributed by atoms with van der Waals surface area (Å²) in [7, 11) is 1.70. The van der Waals surface area contributed by atoms with Gasteiger partial charge >= 0.3 is 0 Å². The van der Waals surface area contributed by atoms with Crippen LogP contribution in [0.2, 0.25) is 0 Å². The fourth-order valence-electron chi connectivity index (χ4n) is 3.19. The molecule has 0 spiro atoms. The summed E-state index contributed by atoms with van der Waals surface area (Å²) in [5, 5.41) is 18.0. The predicted octanol–water partition coefficient (Wildman–Crippen LogP) is 0.483. The SMILES string of the molecule is CN1CCCC(O)(CNCCn2nc(-c3ccccc3)ccc2=O)C1=O. The highest BCUT2D eigenvalue weighted by atomic mass is 16.3. The minimum Gasteiger partial charge on any atom is -0.379 e. The van der Waals surface area contributed by atoms with E-state index in [2.05, 4.69) is 10.4 Å². The molecule has 2 N–H and O–H groups in total. The van der Waals surface area contributed by atoms with Crippen LogP contribution in [-0.2, 0) is 11.3 Å². The number of aliphatic hydroxyl groups is 1. The van der Waals surface area contributed by atoms with Crippen molar-refractivity contribution in [3.63, 3.8) is 0 Å². The monoisotopic (exact) mass is 356 g/mol. The Morgan fingerprint density at radius 3 is 2.73 bits per heavy atom. The van der Waals surface area contributed by atoms with Gasteiger partial charge in [-0.15, -0.1) is 0 Å². The summed E-state index contributed by atoms with van der Waals surface area (Å²) in [5.74, 6) is -0.252. The third-order valence-electron chi connectivity index (χ3n) is 4.68. The first-order valence-electron chi connectivity index (χ1n) is 8.82. The number of likely N-dealkylation sites (N-methyl/N-ethyl adjacent to an activating group) is 1. The van der Waals surface area contributed by atoms with Crippen LogP contribution in [0.3, 0.4) is 0 Å². The van der Waals surface area contributed by atoms with Crippen LogP contribution < -0.4 is 10.9 Å². The molecule has 1 aromatic heterocycles. The zero-order valence-electron chi connectivity index (χ0n) is 14.9. The number of carbonyl (C=O) groups excluding carboxylic acids is 1. The Balaban J connectivity index is 1.60. The molecular formula is C19H24N4O3. The molecule has 1 amide bonds. The number of hydrogen-bond donors (Lipinski definition) is 2. The van der Waals surface area contributed by atoms with Crippen LogP contribution in [0.4, 0.5) is 0 Å². The van der Waals surface area contributed by atoms with Crippen LogP contribution in [0, 0.1) is 0 Å². The third kappa shape index (κ3) is 4.00. The van der Waals surface area contributed by atoms with Gasteiger partial charge < -0.3 is 15.3 Å². The Bertz CT molecular complexity index is 821. The fraction of sp³-hybridized carbons (Fsp3) is 0.421. The molecule has 0 bridgehead atoms. The first kappa shape index (κ1) is 18.3. The van der Waals surface area contributed by atoms with Crippen molar-refractivity contribution in [2.24, 2.45) is 0 Å². The summed E-state index contributed by atoms with van der Waals surface area (Å²) in [4.78, 5) is 25.7. The number of hydrogen-bond acceptors (Lipinski definition) is 5. The molecular weight excluding hydrogens is 332 g/mol. The highest BCUT2D eigenvalue weighted by Gasteiger charge is 2.40. The second-order valence-electron chi connectivity index (χ2n) is 6.68. The van der Waals surface area contributed by atoms with Gasteiger partial charge in [0.2, 0.25) is 0 Å². The Morgan fingerprint density at radius 2 is 1.96 bits per heavy atom. The van der Waals surface area contributed by atoms with Crippen molar-refractivity contribution in [3.8, 4) is 11.3 Å². The van der Waals surface area contributed by atoms with Gasteiger partial charge in [0, 0.05) is 38.3 Å². The van der Waals surface area contributed by atoms with Gasteiger partial charge in [0.15, 0.2) is 5.60 Å². The quantitative estimate of drug-likeness (QED) is 0.736. The first-order valence-corrected chi connectivity index (χ1v) is 8.82. The lowest BCUT2D eigenvalue weighted by Crippen LogP contribution is -2.57. The van der Waals surface area contributed by atoms with E-state index in [-0.39, 0.29) is 18.0 Å². The molecule has 1 aliphatic heterocycles. The van der Waals surface area contributed by atoms with E-state index in [0.717, 1.165) is 17.7 Å². The molecule has 0 aliphatic carbocycles. The smallest absolute Gasteiger partial charge is 0.266 e. The Labute approximate surface area is 152 Å². The topological polar surface area (TPSA) is 87.5 Å². The van der Waals surface area contributed by atoms with Gasteiger partial charge in [0.25, 0.3) is 11.5 Å². The molecule has 2 aromatic rings. The van der Waals surface area contributed by atoms with E-state index in [0.29, 0.717) is 26.1 Å². The van der Waals surface area contributed by atoms with Crippen molar-refractivity contribution in [1.82, 2.24) is 20.0 Å². The Kier molecular flexibility index (Phi) is 5.49. The number of piperidine rings is 1. The maximum absolute atomic E-state index is 12.1. The van der Waals surface area contributed by atoms with E-state index in [4.69, 9.17) is 0 Å². The second kappa shape index (κ2) is 7.80. The van der Waals surface area contributed by atoms with Crippen LogP contribution in [0.1, 0.15) is 12.8 Å². The van der Waals surface area contributed by atoms with Gasteiger partial charge in [-0.05, 0) is 18.9 Å². The highest BCUT2D eigenvalue weighted by molar-refractivity contribution is 5.85. The van der Waals surface area contributed by atoms with Gasteiger partial charge in [0.1, 0.15) is 0 Å². The molecule has 2 heterocycles. The minimum absolute atomic E-state index is 0.170. The lowest BCUT2D eigenvalue weighted by atomic mass is 9.92. The summed E-state index contributed by atoms with van der Waals surface area (Å²) in [6.07, 6.45) is 1.23. The standard InChI is InChI=1S/C19H24N4O3/c1-22-12-5-10-19(26,18(22)25)14-20-11-13-23-17(24)9-8-16(21-23)15-6-3-2-4-7-15/h2-4,6-9,20,26H,5,10-14H2,1H3. The number of nitrogens with zero attached hydrogens (tertiary/aromatic N) is 3. The van der Waals surface area contributed by atoms with E-state index in [9.17, 15) is 14.7 Å². The lowest BCUT2D eigenvalue weighted by Gasteiger charge is -2.36. The van der Waals surface area contributed by atoms with E-state index in [1.165, 1.54) is 10.7 Å². The van der Waals surface area contributed by atoms with Crippen LogP contribution in [0.15, 0.2) is 47.3 Å². The van der Waals surface area contributed by atoms with E-state index in [1.807, 2.05) is 30.3 Å². The fourth-order valence-corrected chi connectivity index (χ4v) is 3.19. The van der Waals surface area contributed by atoms with E-state index >= 15 is 0 Å². The predicted molar refractivity (Wildman–Crippen MR) is 98.6 cm³/mol. The zero-order chi connectivity index (χ0) is 18.6. The van der Waals surface area contributed by atoms with Gasteiger partial charge in [-0.2, -0.15) is 5.10 Å². The average molecular weight is 356 g/mol. The van der Waals surface area contributed by atoms with Crippen molar-refractivity contribution in [2.45, 2.75) is 25.0 Å². The summed E-state index contributed by atoms with van der Waals surface area (Å²) >= 11 is 0. The molecule has 1 saturated heterocycles. The molecule has 0 radical (unpaired) electrons. The van der Waals surface area contributed by atoms with Crippen molar-refractivity contribution in [2.75, 3.05) is 26.7 Å². The molecule has 1 aliphatic rings. The maximum Gasteiger partial charge on any atom is 0.266 e. The Morgan fingerprint density at radius 1 is 1.19 bits per heavy atom.